The quantitative estimate of drug-likeness (QED) is 0.552. The van der Waals surface area contributed by atoms with Crippen molar-refractivity contribution in [1.82, 2.24) is 15.0 Å². The van der Waals surface area contributed by atoms with Crippen LogP contribution in [0, 0.1) is 5.92 Å². The minimum Gasteiger partial charge on any atom is -0.477 e. The number of rotatable bonds is 6. The van der Waals surface area contributed by atoms with Gasteiger partial charge in [0, 0.05) is 17.3 Å². The van der Waals surface area contributed by atoms with Crippen LogP contribution in [0.5, 0.6) is 5.88 Å². The lowest BCUT2D eigenvalue weighted by Crippen LogP contribution is -2.06. The molecule has 0 saturated heterocycles. The summed E-state index contributed by atoms with van der Waals surface area (Å²) in [4.78, 5) is 23.7. The third kappa shape index (κ3) is 3.51. The molecule has 0 radical (unpaired) electrons. The first-order valence-corrected chi connectivity index (χ1v) is 7.87. The molecule has 0 atom stereocenters. The van der Waals surface area contributed by atoms with E-state index in [1.54, 1.807) is 30.5 Å². The summed E-state index contributed by atoms with van der Waals surface area (Å²) in [6.45, 7) is 4.73. The number of fused-ring (bicyclic) bond motifs is 1. The summed E-state index contributed by atoms with van der Waals surface area (Å²) >= 11 is 0. The molecule has 0 amide bonds. The van der Waals surface area contributed by atoms with E-state index in [1.165, 1.54) is 6.33 Å². The van der Waals surface area contributed by atoms with Crippen LogP contribution in [0.4, 0.5) is 0 Å². The Morgan fingerprint density at radius 1 is 1.25 bits per heavy atom. The SMILES string of the molecule is CC(C)COc1ncnc2[nH]cc(C=CC(=O)c3ccccc3)c12. The number of ketones is 1. The Morgan fingerprint density at radius 2 is 2.04 bits per heavy atom. The maximum atomic E-state index is 12.2. The number of H-pyrrole nitrogens is 1. The van der Waals surface area contributed by atoms with Gasteiger partial charge in [-0.3, -0.25) is 4.79 Å². The lowest BCUT2D eigenvalue weighted by atomic mass is 10.1. The molecule has 3 aromatic rings. The van der Waals surface area contributed by atoms with E-state index in [2.05, 4.69) is 28.8 Å². The molecular weight excluding hydrogens is 302 g/mol. The molecule has 0 unspecified atom stereocenters. The second-order valence-corrected chi connectivity index (χ2v) is 5.91. The van der Waals surface area contributed by atoms with Crippen LogP contribution in [0.25, 0.3) is 17.1 Å². The summed E-state index contributed by atoms with van der Waals surface area (Å²) in [5.41, 5.74) is 2.17. The van der Waals surface area contributed by atoms with Crippen LogP contribution in [0.2, 0.25) is 0 Å². The van der Waals surface area contributed by atoms with Gasteiger partial charge in [-0.2, -0.15) is 0 Å². The zero-order valence-electron chi connectivity index (χ0n) is 13.7. The number of nitrogens with one attached hydrogen (secondary N) is 1. The van der Waals surface area contributed by atoms with Crippen LogP contribution < -0.4 is 4.74 Å². The van der Waals surface area contributed by atoms with Gasteiger partial charge in [0.1, 0.15) is 12.0 Å². The molecule has 122 valence electrons. The lowest BCUT2D eigenvalue weighted by Gasteiger charge is -2.08. The largest absolute Gasteiger partial charge is 0.477 e. The van der Waals surface area contributed by atoms with Gasteiger partial charge in [0.25, 0.3) is 0 Å². The summed E-state index contributed by atoms with van der Waals surface area (Å²) in [6, 6.07) is 9.16. The van der Waals surface area contributed by atoms with Gasteiger partial charge in [0.2, 0.25) is 5.88 Å². The number of carbonyl (C=O) groups is 1. The number of aromatic amines is 1. The first-order valence-electron chi connectivity index (χ1n) is 7.87. The third-order valence-corrected chi connectivity index (χ3v) is 3.49. The number of aromatic nitrogens is 3. The fraction of sp³-hybridized carbons (Fsp3) is 0.211. The number of hydrogen-bond donors (Lipinski definition) is 1. The Balaban J connectivity index is 1.89. The highest BCUT2D eigenvalue weighted by molar-refractivity contribution is 6.07. The van der Waals surface area contributed by atoms with Crippen molar-refractivity contribution in [3.8, 4) is 5.88 Å². The Hall–Kier alpha value is -2.95. The second kappa shape index (κ2) is 7.08. The fourth-order valence-electron chi connectivity index (χ4n) is 2.31. The minimum absolute atomic E-state index is 0.0496. The molecule has 5 nitrogen and oxygen atoms in total. The molecule has 0 bridgehead atoms. The van der Waals surface area contributed by atoms with Crippen molar-refractivity contribution in [3.05, 3.63) is 60.1 Å². The summed E-state index contributed by atoms with van der Waals surface area (Å²) in [5.74, 6) is 0.876. The summed E-state index contributed by atoms with van der Waals surface area (Å²) in [6.07, 6.45) is 6.59. The van der Waals surface area contributed by atoms with E-state index in [9.17, 15) is 4.79 Å². The van der Waals surface area contributed by atoms with Crippen molar-refractivity contribution in [2.45, 2.75) is 13.8 Å². The normalized spacial score (nSPS) is 11.5. The second-order valence-electron chi connectivity index (χ2n) is 5.91. The molecule has 1 aromatic carbocycles. The lowest BCUT2D eigenvalue weighted by molar-refractivity contribution is 0.104. The van der Waals surface area contributed by atoms with Crippen LogP contribution in [-0.2, 0) is 0 Å². The number of nitrogens with zero attached hydrogens (tertiary/aromatic N) is 2. The highest BCUT2D eigenvalue weighted by Crippen LogP contribution is 2.26. The average molecular weight is 321 g/mol. The van der Waals surface area contributed by atoms with E-state index >= 15 is 0 Å². The van der Waals surface area contributed by atoms with Gasteiger partial charge in [-0.1, -0.05) is 44.2 Å². The zero-order valence-corrected chi connectivity index (χ0v) is 13.7. The van der Waals surface area contributed by atoms with E-state index in [0.717, 1.165) is 10.9 Å². The first-order chi connectivity index (χ1) is 11.6. The van der Waals surface area contributed by atoms with Crippen LogP contribution in [0.1, 0.15) is 29.8 Å². The van der Waals surface area contributed by atoms with Crippen LogP contribution in [0.15, 0.2) is 48.9 Å². The molecule has 3 rings (SSSR count). The molecule has 0 fully saturated rings. The molecule has 0 aliphatic carbocycles. The molecule has 1 N–H and O–H groups in total. The Labute approximate surface area is 140 Å². The van der Waals surface area contributed by atoms with Gasteiger partial charge in [0.15, 0.2) is 5.78 Å². The maximum Gasteiger partial charge on any atom is 0.226 e. The van der Waals surface area contributed by atoms with Crippen molar-refractivity contribution >= 4 is 22.9 Å². The average Bonchev–Trinajstić information content (AvgIpc) is 3.02. The van der Waals surface area contributed by atoms with Gasteiger partial charge in [-0.15, -0.1) is 0 Å². The molecule has 0 spiro atoms. The van der Waals surface area contributed by atoms with Crippen LogP contribution in [0.3, 0.4) is 0 Å². The number of hydrogen-bond acceptors (Lipinski definition) is 4. The van der Waals surface area contributed by atoms with Gasteiger partial charge in [0.05, 0.1) is 12.0 Å². The van der Waals surface area contributed by atoms with Crippen LogP contribution in [-0.4, -0.2) is 27.3 Å². The van der Waals surface area contributed by atoms with E-state index in [-0.39, 0.29) is 5.78 Å². The molecule has 24 heavy (non-hydrogen) atoms. The molecule has 2 heterocycles. The Kier molecular flexibility index (Phi) is 4.70. The number of allylic oxidation sites excluding steroid dienone is 1. The minimum atomic E-state index is -0.0496. The predicted molar refractivity (Wildman–Crippen MR) is 94.0 cm³/mol. The standard InChI is InChI=1S/C19H19N3O2/c1-13(2)11-24-19-17-15(10-20-18(17)21-12-22-19)8-9-16(23)14-6-4-3-5-7-14/h3-10,12-13H,11H2,1-2H3,(H,20,21,22). The van der Waals surface area contributed by atoms with Crippen LogP contribution >= 0.6 is 0 Å². The van der Waals surface area contributed by atoms with Gasteiger partial charge < -0.3 is 9.72 Å². The Bertz CT molecular complexity index is 867. The first kappa shape index (κ1) is 15.9. The highest BCUT2D eigenvalue weighted by Gasteiger charge is 2.11. The van der Waals surface area contributed by atoms with Gasteiger partial charge in [-0.05, 0) is 18.1 Å². The van der Waals surface area contributed by atoms with Crippen molar-refractivity contribution in [2.75, 3.05) is 6.61 Å². The molecule has 0 aliphatic heterocycles. The summed E-state index contributed by atoms with van der Waals surface area (Å²) < 4.78 is 5.78. The van der Waals surface area contributed by atoms with E-state index < -0.39 is 0 Å². The molecule has 5 heteroatoms. The van der Waals surface area contributed by atoms with E-state index in [0.29, 0.717) is 29.6 Å². The predicted octanol–water partition coefficient (Wildman–Crippen LogP) is 3.89. The monoisotopic (exact) mass is 321 g/mol. The summed E-state index contributed by atoms with van der Waals surface area (Å²) in [7, 11) is 0. The number of carbonyl (C=O) groups excluding carboxylic acids is 1. The maximum absolute atomic E-state index is 12.2. The van der Waals surface area contributed by atoms with Crippen molar-refractivity contribution in [3.63, 3.8) is 0 Å². The van der Waals surface area contributed by atoms with E-state index in [4.69, 9.17) is 4.74 Å². The molecule has 0 aliphatic rings. The molecule has 0 saturated carbocycles. The van der Waals surface area contributed by atoms with Crippen molar-refractivity contribution in [1.29, 1.82) is 0 Å². The number of benzene rings is 1. The molecule has 2 aromatic heterocycles. The third-order valence-electron chi connectivity index (χ3n) is 3.49. The van der Waals surface area contributed by atoms with Crippen molar-refractivity contribution in [2.24, 2.45) is 5.92 Å². The summed E-state index contributed by atoms with van der Waals surface area (Å²) in [5, 5.41) is 0.787. The van der Waals surface area contributed by atoms with E-state index in [1.807, 2.05) is 18.2 Å². The zero-order chi connectivity index (χ0) is 16.9. The molecular formula is C19H19N3O2. The smallest absolute Gasteiger partial charge is 0.226 e. The topological polar surface area (TPSA) is 67.9 Å². The van der Waals surface area contributed by atoms with Crippen molar-refractivity contribution < 1.29 is 9.53 Å². The highest BCUT2D eigenvalue weighted by atomic mass is 16.5. The fourth-order valence-corrected chi connectivity index (χ4v) is 2.31. The Morgan fingerprint density at radius 3 is 2.79 bits per heavy atom. The van der Waals surface area contributed by atoms with Gasteiger partial charge >= 0.3 is 0 Å². The number of ether oxygens (including phenoxy) is 1. The van der Waals surface area contributed by atoms with Gasteiger partial charge in [-0.25, -0.2) is 9.97 Å².